The lowest BCUT2D eigenvalue weighted by atomic mass is 10.0. The molecule has 31 heavy (non-hydrogen) atoms. The van der Waals surface area contributed by atoms with Crippen LogP contribution in [0.2, 0.25) is 0 Å². The molecule has 0 radical (unpaired) electrons. The summed E-state index contributed by atoms with van der Waals surface area (Å²) in [6.45, 7) is 6.55. The maximum Gasteiger partial charge on any atom is 0.261 e. The Morgan fingerprint density at radius 2 is 1.68 bits per heavy atom. The SMILES string of the molecule is CCNC(=O)c1ccc(Sc2ccc(NS(=O)(=O)c3ccc(C(C)C)cc3)cc2)nc1. The fraction of sp³-hybridized carbons (Fsp3) is 0.217. The average molecular weight is 456 g/mol. The zero-order chi connectivity index (χ0) is 22.4. The predicted octanol–water partition coefficient (Wildman–Crippen LogP) is 4.91. The standard InChI is InChI=1S/C23H25N3O3S2/c1-4-24-23(27)18-7-14-22(25-15-18)30-20-10-8-19(9-11-20)26-31(28,29)21-12-5-17(6-13-21)16(2)3/h5-16,26H,4H2,1-3H3,(H,24,27). The Balaban J connectivity index is 1.65. The van der Waals surface area contributed by atoms with Gasteiger partial charge in [0.05, 0.1) is 10.5 Å². The van der Waals surface area contributed by atoms with Gasteiger partial charge in [0, 0.05) is 23.3 Å². The van der Waals surface area contributed by atoms with Crippen LogP contribution in [0.1, 0.15) is 42.6 Å². The van der Waals surface area contributed by atoms with Gasteiger partial charge in [-0.15, -0.1) is 0 Å². The largest absolute Gasteiger partial charge is 0.352 e. The van der Waals surface area contributed by atoms with Gasteiger partial charge in [0.2, 0.25) is 0 Å². The van der Waals surface area contributed by atoms with Crippen molar-refractivity contribution in [1.29, 1.82) is 0 Å². The predicted molar refractivity (Wildman–Crippen MR) is 124 cm³/mol. The molecule has 0 fully saturated rings. The molecule has 2 N–H and O–H groups in total. The second-order valence-electron chi connectivity index (χ2n) is 7.20. The molecule has 0 spiro atoms. The molecule has 0 aliphatic carbocycles. The van der Waals surface area contributed by atoms with Gasteiger partial charge in [-0.3, -0.25) is 9.52 Å². The van der Waals surface area contributed by atoms with Crippen LogP contribution in [0, 0.1) is 0 Å². The number of anilines is 1. The van der Waals surface area contributed by atoms with Gasteiger partial charge < -0.3 is 5.32 Å². The number of carbonyl (C=O) groups excluding carboxylic acids is 1. The van der Waals surface area contributed by atoms with E-state index in [0.717, 1.165) is 15.5 Å². The third-order valence-corrected chi connectivity index (χ3v) is 6.88. The van der Waals surface area contributed by atoms with Gasteiger partial charge in [0.1, 0.15) is 5.03 Å². The number of nitrogens with zero attached hydrogens (tertiary/aromatic N) is 1. The van der Waals surface area contributed by atoms with Crippen LogP contribution in [0.15, 0.2) is 81.7 Å². The fourth-order valence-electron chi connectivity index (χ4n) is 2.80. The molecule has 3 rings (SSSR count). The normalized spacial score (nSPS) is 11.4. The zero-order valence-corrected chi connectivity index (χ0v) is 19.3. The number of aromatic nitrogens is 1. The highest BCUT2D eigenvalue weighted by atomic mass is 32.2. The molecule has 8 heteroatoms. The highest BCUT2D eigenvalue weighted by Crippen LogP contribution is 2.28. The van der Waals surface area contributed by atoms with Gasteiger partial charge in [0.15, 0.2) is 0 Å². The Morgan fingerprint density at radius 1 is 1.00 bits per heavy atom. The summed E-state index contributed by atoms with van der Waals surface area (Å²) in [6, 6.07) is 17.5. The van der Waals surface area contributed by atoms with Crippen molar-refractivity contribution in [3.8, 4) is 0 Å². The molecule has 1 heterocycles. The molecule has 6 nitrogen and oxygen atoms in total. The van der Waals surface area contributed by atoms with E-state index in [9.17, 15) is 13.2 Å². The van der Waals surface area contributed by atoms with E-state index in [0.29, 0.717) is 23.7 Å². The quantitative estimate of drug-likeness (QED) is 0.504. The number of pyridine rings is 1. The molecule has 3 aromatic rings. The summed E-state index contributed by atoms with van der Waals surface area (Å²) in [6.07, 6.45) is 1.54. The number of amides is 1. The Morgan fingerprint density at radius 3 is 2.23 bits per heavy atom. The molecule has 0 aliphatic rings. The van der Waals surface area contributed by atoms with Crippen LogP contribution in [-0.4, -0.2) is 25.9 Å². The fourth-order valence-corrected chi connectivity index (χ4v) is 4.61. The monoisotopic (exact) mass is 455 g/mol. The number of sulfonamides is 1. The van der Waals surface area contributed by atoms with Crippen LogP contribution in [0.3, 0.4) is 0 Å². The highest BCUT2D eigenvalue weighted by Gasteiger charge is 2.14. The molecule has 0 bridgehead atoms. The number of benzene rings is 2. The zero-order valence-electron chi connectivity index (χ0n) is 17.6. The van der Waals surface area contributed by atoms with E-state index in [1.54, 1.807) is 42.6 Å². The minimum atomic E-state index is -3.65. The maximum absolute atomic E-state index is 12.6. The molecule has 0 unspecified atom stereocenters. The van der Waals surface area contributed by atoms with Crippen LogP contribution >= 0.6 is 11.8 Å². The first-order valence-corrected chi connectivity index (χ1v) is 12.2. The molecule has 0 atom stereocenters. The minimum absolute atomic E-state index is 0.151. The summed E-state index contributed by atoms with van der Waals surface area (Å²) in [5.41, 5.74) is 2.09. The Kier molecular flexibility index (Phi) is 7.35. The molecule has 1 aromatic heterocycles. The van der Waals surface area contributed by atoms with E-state index < -0.39 is 10.0 Å². The van der Waals surface area contributed by atoms with E-state index in [2.05, 4.69) is 28.9 Å². The summed E-state index contributed by atoms with van der Waals surface area (Å²) in [4.78, 5) is 17.2. The molecule has 162 valence electrons. The highest BCUT2D eigenvalue weighted by molar-refractivity contribution is 7.99. The second kappa shape index (κ2) is 9.98. The minimum Gasteiger partial charge on any atom is -0.352 e. The van der Waals surface area contributed by atoms with Crippen molar-refractivity contribution < 1.29 is 13.2 Å². The van der Waals surface area contributed by atoms with Gasteiger partial charge in [-0.1, -0.05) is 37.7 Å². The lowest BCUT2D eigenvalue weighted by Crippen LogP contribution is -2.22. The topological polar surface area (TPSA) is 88.2 Å². The van der Waals surface area contributed by atoms with Crippen molar-refractivity contribution in [3.63, 3.8) is 0 Å². The average Bonchev–Trinajstić information content (AvgIpc) is 2.75. The maximum atomic E-state index is 12.6. The summed E-state index contributed by atoms with van der Waals surface area (Å²) in [5.74, 6) is 0.191. The number of nitrogens with one attached hydrogen (secondary N) is 2. The summed E-state index contributed by atoms with van der Waals surface area (Å²) >= 11 is 1.43. The number of carbonyl (C=O) groups is 1. The summed E-state index contributed by atoms with van der Waals surface area (Å²) in [7, 11) is -3.65. The first kappa shape index (κ1) is 22.8. The lowest BCUT2D eigenvalue weighted by molar-refractivity contribution is 0.0955. The van der Waals surface area contributed by atoms with E-state index in [1.807, 2.05) is 31.2 Å². The third-order valence-electron chi connectivity index (χ3n) is 4.52. The van der Waals surface area contributed by atoms with Gasteiger partial charge in [-0.05, 0) is 66.9 Å². The Hall–Kier alpha value is -2.84. The van der Waals surface area contributed by atoms with E-state index >= 15 is 0 Å². The van der Waals surface area contributed by atoms with Crippen LogP contribution in [0.25, 0.3) is 0 Å². The number of rotatable bonds is 8. The smallest absolute Gasteiger partial charge is 0.261 e. The van der Waals surface area contributed by atoms with E-state index in [4.69, 9.17) is 0 Å². The van der Waals surface area contributed by atoms with E-state index in [-0.39, 0.29) is 10.8 Å². The van der Waals surface area contributed by atoms with Crippen LogP contribution < -0.4 is 10.0 Å². The summed E-state index contributed by atoms with van der Waals surface area (Å²) in [5, 5.41) is 3.48. The van der Waals surface area contributed by atoms with Crippen molar-refractivity contribution in [2.75, 3.05) is 11.3 Å². The first-order chi connectivity index (χ1) is 14.8. The van der Waals surface area contributed by atoms with Crippen molar-refractivity contribution in [2.24, 2.45) is 0 Å². The van der Waals surface area contributed by atoms with Gasteiger partial charge in [0.25, 0.3) is 15.9 Å². The molecule has 0 saturated heterocycles. The molecular weight excluding hydrogens is 430 g/mol. The summed E-state index contributed by atoms with van der Waals surface area (Å²) < 4.78 is 27.9. The van der Waals surface area contributed by atoms with Gasteiger partial charge in [-0.25, -0.2) is 13.4 Å². The van der Waals surface area contributed by atoms with Crippen LogP contribution in [0.4, 0.5) is 5.69 Å². The molecular formula is C23H25N3O3S2. The van der Waals surface area contributed by atoms with Crippen molar-refractivity contribution in [3.05, 3.63) is 78.0 Å². The lowest BCUT2D eigenvalue weighted by Gasteiger charge is -2.10. The molecule has 2 aromatic carbocycles. The second-order valence-corrected chi connectivity index (χ2v) is 9.98. The molecule has 0 aliphatic heterocycles. The molecule has 1 amide bonds. The first-order valence-electron chi connectivity index (χ1n) is 9.93. The van der Waals surface area contributed by atoms with Crippen molar-refractivity contribution in [2.45, 2.75) is 41.5 Å². The molecule has 0 saturated carbocycles. The Labute approximate surface area is 187 Å². The van der Waals surface area contributed by atoms with Crippen molar-refractivity contribution in [1.82, 2.24) is 10.3 Å². The van der Waals surface area contributed by atoms with Crippen LogP contribution in [-0.2, 0) is 10.0 Å². The van der Waals surface area contributed by atoms with Crippen LogP contribution in [0.5, 0.6) is 0 Å². The van der Waals surface area contributed by atoms with Gasteiger partial charge >= 0.3 is 0 Å². The van der Waals surface area contributed by atoms with Gasteiger partial charge in [-0.2, -0.15) is 0 Å². The third kappa shape index (κ3) is 6.08. The van der Waals surface area contributed by atoms with Crippen molar-refractivity contribution >= 4 is 33.4 Å². The Bertz CT molecular complexity index is 1130. The van der Waals surface area contributed by atoms with E-state index in [1.165, 1.54) is 11.8 Å². The number of hydrogen-bond acceptors (Lipinski definition) is 5. The number of hydrogen-bond donors (Lipinski definition) is 2.